The number of nitrogens with one attached hydrogen (secondary N) is 2. The van der Waals surface area contributed by atoms with Crippen molar-refractivity contribution in [2.75, 3.05) is 20.3 Å². The first-order valence-electron chi connectivity index (χ1n) is 9.87. The van der Waals surface area contributed by atoms with Crippen molar-refractivity contribution in [3.05, 3.63) is 65.7 Å². The number of carbonyl (C=O) groups excluding carboxylic acids is 2. The van der Waals surface area contributed by atoms with Gasteiger partial charge < -0.3 is 14.8 Å². The molecule has 0 fully saturated rings. The van der Waals surface area contributed by atoms with Gasteiger partial charge in [0.15, 0.2) is 0 Å². The van der Waals surface area contributed by atoms with E-state index in [4.69, 9.17) is 9.47 Å². The minimum Gasteiger partial charge on any atom is -0.463 e. The molecule has 2 rings (SSSR count). The maximum absolute atomic E-state index is 12.9. The summed E-state index contributed by atoms with van der Waals surface area (Å²) in [6.45, 7) is 3.84. The van der Waals surface area contributed by atoms with Crippen molar-refractivity contribution in [2.45, 2.75) is 37.3 Å². The Balaban J connectivity index is 2.20. The summed E-state index contributed by atoms with van der Waals surface area (Å²) in [7, 11) is -2.31. The zero-order chi connectivity index (χ0) is 22.9. The Hall–Kier alpha value is -2.75. The first kappa shape index (κ1) is 24.5. The maximum atomic E-state index is 12.9. The SMILES string of the molecule is COCCNS(=O)(=O)c1cccc(C(=O)NC(CC(=O)OC(C)C)c2ccccc2)c1. The normalized spacial score (nSPS) is 12.4. The van der Waals surface area contributed by atoms with Crippen molar-refractivity contribution in [2.24, 2.45) is 0 Å². The van der Waals surface area contributed by atoms with E-state index in [0.29, 0.717) is 0 Å². The Labute approximate surface area is 183 Å². The summed E-state index contributed by atoms with van der Waals surface area (Å²) in [5.41, 5.74) is 0.898. The maximum Gasteiger partial charge on any atom is 0.308 e. The van der Waals surface area contributed by atoms with Gasteiger partial charge in [-0.25, -0.2) is 13.1 Å². The molecule has 0 saturated carbocycles. The summed E-state index contributed by atoms with van der Waals surface area (Å²) in [5, 5.41) is 2.81. The van der Waals surface area contributed by atoms with Crippen LogP contribution in [-0.4, -0.2) is 46.7 Å². The van der Waals surface area contributed by atoms with E-state index in [1.54, 1.807) is 38.1 Å². The number of esters is 1. The molecule has 31 heavy (non-hydrogen) atoms. The Bertz CT molecular complexity index is 977. The van der Waals surface area contributed by atoms with Gasteiger partial charge in [0, 0.05) is 19.2 Å². The molecule has 0 aliphatic heterocycles. The zero-order valence-corrected chi connectivity index (χ0v) is 18.6. The van der Waals surface area contributed by atoms with Crippen LogP contribution in [0.5, 0.6) is 0 Å². The quantitative estimate of drug-likeness (QED) is 0.403. The standard InChI is InChI=1S/C22H28N2O6S/c1-16(2)30-21(25)15-20(17-8-5-4-6-9-17)24-22(26)18-10-7-11-19(14-18)31(27,28)23-12-13-29-3/h4-11,14,16,20,23H,12-13,15H2,1-3H3,(H,24,26). The smallest absolute Gasteiger partial charge is 0.308 e. The number of sulfonamides is 1. The zero-order valence-electron chi connectivity index (χ0n) is 17.8. The van der Waals surface area contributed by atoms with E-state index in [1.807, 2.05) is 6.07 Å². The van der Waals surface area contributed by atoms with Crippen LogP contribution >= 0.6 is 0 Å². The fraction of sp³-hybridized carbons (Fsp3) is 0.364. The minimum absolute atomic E-state index is 0.0354. The average Bonchev–Trinajstić information content (AvgIpc) is 2.73. The molecule has 0 heterocycles. The second-order valence-corrected chi connectivity index (χ2v) is 8.86. The van der Waals surface area contributed by atoms with Gasteiger partial charge >= 0.3 is 5.97 Å². The largest absolute Gasteiger partial charge is 0.463 e. The van der Waals surface area contributed by atoms with Crippen LogP contribution in [0.3, 0.4) is 0 Å². The molecule has 168 valence electrons. The first-order valence-corrected chi connectivity index (χ1v) is 11.3. The number of benzene rings is 2. The van der Waals surface area contributed by atoms with Gasteiger partial charge in [0.05, 0.1) is 30.1 Å². The Morgan fingerprint density at radius 3 is 2.39 bits per heavy atom. The number of carbonyl (C=O) groups is 2. The van der Waals surface area contributed by atoms with Crippen molar-refractivity contribution >= 4 is 21.9 Å². The summed E-state index contributed by atoms with van der Waals surface area (Å²) in [6.07, 6.45) is -0.322. The Morgan fingerprint density at radius 1 is 1.03 bits per heavy atom. The van der Waals surface area contributed by atoms with Crippen LogP contribution in [0.15, 0.2) is 59.5 Å². The first-order chi connectivity index (χ1) is 14.7. The molecule has 0 aromatic heterocycles. The third-order valence-corrected chi connectivity index (χ3v) is 5.71. The highest BCUT2D eigenvalue weighted by Gasteiger charge is 2.22. The van der Waals surface area contributed by atoms with Crippen LogP contribution in [0.25, 0.3) is 0 Å². The van der Waals surface area contributed by atoms with Gasteiger partial charge in [-0.05, 0) is 37.6 Å². The highest BCUT2D eigenvalue weighted by Crippen LogP contribution is 2.19. The molecular formula is C22H28N2O6S. The van der Waals surface area contributed by atoms with Crippen molar-refractivity contribution in [3.8, 4) is 0 Å². The van der Waals surface area contributed by atoms with Crippen LogP contribution in [0.2, 0.25) is 0 Å². The van der Waals surface area contributed by atoms with E-state index in [2.05, 4.69) is 10.0 Å². The van der Waals surface area contributed by atoms with Gasteiger partial charge in [-0.3, -0.25) is 9.59 Å². The molecule has 1 atom stereocenters. The van der Waals surface area contributed by atoms with Crippen LogP contribution in [-0.2, 0) is 24.3 Å². The highest BCUT2D eigenvalue weighted by molar-refractivity contribution is 7.89. The number of hydrogen-bond donors (Lipinski definition) is 2. The molecule has 2 N–H and O–H groups in total. The minimum atomic E-state index is -3.79. The predicted molar refractivity (Wildman–Crippen MR) is 116 cm³/mol. The van der Waals surface area contributed by atoms with Gasteiger partial charge in [0.1, 0.15) is 0 Å². The van der Waals surface area contributed by atoms with Crippen LogP contribution in [0.1, 0.15) is 42.2 Å². The fourth-order valence-corrected chi connectivity index (χ4v) is 3.88. The average molecular weight is 449 g/mol. The molecule has 1 amide bonds. The lowest BCUT2D eigenvalue weighted by Crippen LogP contribution is -2.31. The third kappa shape index (κ3) is 7.78. The molecule has 0 radical (unpaired) electrons. The monoisotopic (exact) mass is 448 g/mol. The molecule has 9 heteroatoms. The Morgan fingerprint density at radius 2 is 1.74 bits per heavy atom. The van der Waals surface area contributed by atoms with Crippen LogP contribution in [0, 0.1) is 0 Å². The van der Waals surface area contributed by atoms with Crippen molar-refractivity contribution in [1.82, 2.24) is 10.0 Å². The summed E-state index contributed by atoms with van der Waals surface area (Å²) in [4.78, 5) is 25.0. The number of hydrogen-bond acceptors (Lipinski definition) is 6. The summed E-state index contributed by atoms with van der Waals surface area (Å²) in [6, 6.07) is 14.1. The fourth-order valence-electron chi connectivity index (χ4n) is 2.82. The van der Waals surface area contributed by atoms with E-state index in [-0.39, 0.29) is 36.1 Å². The molecule has 0 bridgehead atoms. The van der Waals surface area contributed by atoms with E-state index >= 15 is 0 Å². The molecule has 8 nitrogen and oxygen atoms in total. The van der Waals surface area contributed by atoms with Gasteiger partial charge in [0.25, 0.3) is 5.91 Å². The summed E-state index contributed by atoms with van der Waals surface area (Å²) < 4.78 is 37.3. The topological polar surface area (TPSA) is 111 Å². The molecule has 2 aromatic carbocycles. The number of amides is 1. The number of rotatable bonds is 11. The van der Waals surface area contributed by atoms with Gasteiger partial charge in [-0.15, -0.1) is 0 Å². The van der Waals surface area contributed by atoms with E-state index in [0.717, 1.165) is 5.56 Å². The summed E-state index contributed by atoms with van der Waals surface area (Å²) in [5.74, 6) is -0.942. The van der Waals surface area contributed by atoms with Gasteiger partial charge in [-0.2, -0.15) is 0 Å². The lowest BCUT2D eigenvalue weighted by molar-refractivity contribution is -0.147. The second kappa shape index (κ2) is 11.6. The predicted octanol–water partition coefficient (Wildman–Crippen LogP) is 2.42. The lowest BCUT2D eigenvalue weighted by atomic mass is 10.0. The molecule has 0 aliphatic rings. The van der Waals surface area contributed by atoms with Crippen molar-refractivity contribution in [3.63, 3.8) is 0 Å². The molecule has 2 aromatic rings. The van der Waals surface area contributed by atoms with E-state index < -0.39 is 27.9 Å². The molecule has 1 unspecified atom stereocenters. The van der Waals surface area contributed by atoms with Crippen LogP contribution in [0.4, 0.5) is 0 Å². The number of ether oxygens (including phenoxy) is 2. The Kier molecular flexibility index (Phi) is 9.17. The van der Waals surface area contributed by atoms with Gasteiger partial charge in [0.2, 0.25) is 10.0 Å². The molecule has 0 aliphatic carbocycles. The molecule has 0 saturated heterocycles. The lowest BCUT2D eigenvalue weighted by Gasteiger charge is -2.19. The van der Waals surface area contributed by atoms with Crippen molar-refractivity contribution in [1.29, 1.82) is 0 Å². The highest BCUT2D eigenvalue weighted by atomic mass is 32.2. The number of methoxy groups -OCH3 is 1. The van der Waals surface area contributed by atoms with E-state index in [9.17, 15) is 18.0 Å². The molecular weight excluding hydrogens is 420 g/mol. The third-order valence-electron chi connectivity index (χ3n) is 4.25. The van der Waals surface area contributed by atoms with Crippen molar-refractivity contribution < 1.29 is 27.5 Å². The second-order valence-electron chi connectivity index (χ2n) is 7.10. The van der Waals surface area contributed by atoms with Gasteiger partial charge in [-0.1, -0.05) is 36.4 Å². The summed E-state index contributed by atoms with van der Waals surface area (Å²) >= 11 is 0. The molecule has 0 spiro atoms. The van der Waals surface area contributed by atoms with E-state index in [1.165, 1.54) is 31.4 Å². The van der Waals surface area contributed by atoms with Crippen LogP contribution < -0.4 is 10.0 Å².